The Labute approximate surface area is 145 Å². The molecule has 0 aliphatic heterocycles. The molecule has 0 saturated heterocycles. The summed E-state index contributed by atoms with van der Waals surface area (Å²) in [6.07, 6.45) is -9.73. The number of anilines is 2. The number of benzene rings is 2. The summed E-state index contributed by atoms with van der Waals surface area (Å²) in [6.45, 7) is 0.109. The van der Waals surface area contributed by atoms with E-state index in [1.807, 2.05) is 0 Å². The molecule has 0 unspecified atom stereocenters. The van der Waals surface area contributed by atoms with Crippen LogP contribution < -0.4 is 10.6 Å². The topological polar surface area (TPSA) is 44.3 Å². The lowest BCUT2D eigenvalue weighted by atomic mass is 10.2. The molecule has 0 radical (unpaired) electrons. The van der Waals surface area contributed by atoms with Crippen LogP contribution in [0.1, 0.15) is 11.1 Å². The number of halogens is 6. The Balaban J connectivity index is 1.79. The quantitative estimate of drug-likeness (QED) is 0.644. The highest BCUT2D eigenvalue weighted by Crippen LogP contribution is 2.30. The van der Waals surface area contributed by atoms with Crippen molar-refractivity contribution in [3.05, 3.63) is 59.7 Å². The van der Waals surface area contributed by atoms with Crippen molar-refractivity contribution >= 4 is 11.4 Å². The van der Waals surface area contributed by atoms with Gasteiger partial charge in [-0.25, -0.2) is 0 Å². The first kappa shape index (κ1) is 19.9. The maximum atomic E-state index is 12.5. The van der Waals surface area contributed by atoms with Gasteiger partial charge in [0, 0.05) is 24.5 Å². The van der Waals surface area contributed by atoms with E-state index in [9.17, 15) is 31.4 Å². The molecule has 26 heavy (non-hydrogen) atoms. The van der Waals surface area contributed by atoms with E-state index in [2.05, 4.69) is 10.6 Å². The molecule has 3 nitrogen and oxygen atoms in total. The zero-order chi connectivity index (χ0) is 19.4. The van der Waals surface area contributed by atoms with Crippen LogP contribution in [-0.2, 0) is 12.4 Å². The predicted molar refractivity (Wildman–Crippen MR) is 85.9 cm³/mol. The van der Waals surface area contributed by atoms with Crippen LogP contribution in [-0.4, -0.2) is 24.3 Å². The second-order valence-electron chi connectivity index (χ2n) is 5.57. The highest BCUT2D eigenvalue weighted by atomic mass is 19.4. The number of hydrogen-bond donors (Lipinski definition) is 3. The van der Waals surface area contributed by atoms with Crippen LogP contribution in [0.5, 0.6) is 0 Å². The van der Waals surface area contributed by atoms with Crippen molar-refractivity contribution in [1.82, 2.24) is 0 Å². The van der Waals surface area contributed by atoms with E-state index in [0.29, 0.717) is 11.4 Å². The highest BCUT2D eigenvalue weighted by molar-refractivity contribution is 5.46. The van der Waals surface area contributed by atoms with Crippen molar-refractivity contribution in [2.45, 2.75) is 18.5 Å². The summed E-state index contributed by atoms with van der Waals surface area (Å²) in [4.78, 5) is 0. The fraction of sp³-hybridized carbons (Fsp3) is 0.294. The van der Waals surface area contributed by atoms with Crippen LogP contribution in [0.2, 0.25) is 0 Å². The fourth-order valence-electron chi connectivity index (χ4n) is 2.10. The Hall–Kier alpha value is -2.42. The van der Waals surface area contributed by atoms with Gasteiger partial charge in [-0.2, -0.15) is 26.3 Å². The third-order valence-corrected chi connectivity index (χ3v) is 3.51. The van der Waals surface area contributed by atoms with Crippen LogP contribution >= 0.6 is 0 Å². The number of hydrogen-bond acceptors (Lipinski definition) is 3. The van der Waals surface area contributed by atoms with E-state index in [-0.39, 0.29) is 13.1 Å². The molecule has 0 atom stereocenters. The fourth-order valence-corrected chi connectivity index (χ4v) is 2.10. The Morgan fingerprint density at radius 3 is 1.23 bits per heavy atom. The molecule has 9 heteroatoms. The summed E-state index contributed by atoms with van der Waals surface area (Å²) in [5.74, 6) is 0. The van der Waals surface area contributed by atoms with E-state index in [1.54, 1.807) is 0 Å². The van der Waals surface area contributed by atoms with Gasteiger partial charge in [-0.15, -0.1) is 0 Å². The standard InChI is InChI=1S/C17H16F6N2O/c18-16(19,20)11-1-5-13(6-2-11)24-9-15(26)10-25-14-7-3-12(4-8-14)17(21,22)23/h1-8,15,24-26H,9-10H2. The third-order valence-electron chi connectivity index (χ3n) is 3.51. The van der Waals surface area contributed by atoms with Gasteiger partial charge in [-0.1, -0.05) is 0 Å². The molecular formula is C17H16F6N2O. The summed E-state index contributed by atoms with van der Waals surface area (Å²) in [7, 11) is 0. The highest BCUT2D eigenvalue weighted by Gasteiger charge is 2.30. The van der Waals surface area contributed by atoms with Crippen molar-refractivity contribution in [3.8, 4) is 0 Å². The first-order valence-corrected chi connectivity index (χ1v) is 7.56. The monoisotopic (exact) mass is 378 g/mol. The van der Waals surface area contributed by atoms with Crippen LogP contribution in [0.15, 0.2) is 48.5 Å². The molecule has 0 bridgehead atoms. The van der Waals surface area contributed by atoms with Crippen LogP contribution in [0.4, 0.5) is 37.7 Å². The molecule has 0 aliphatic rings. The SMILES string of the molecule is OC(CNc1ccc(C(F)(F)F)cc1)CNc1ccc(C(F)(F)F)cc1. The molecule has 0 heterocycles. The molecule has 142 valence electrons. The van der Waals surface area contributed by atoms with Gasteiger partial charge in [0.2, 0.25) is 0 Å². The minimum atomic E-state index is -4.41. The van der Waals surface area contributed by atoms with Crippen LogP contribution in [0, 0.1) is 0 Å². The van der Waals surface area contributed by atoms with Gasteiger partial charge >= 0.3 is 12.4 Å². The van der Waals surface area contributed by atoms with Gasteiger partial charge < -0.3 is 15.7 Å². The number of nitrogens with one attached hydrogen (secondary N) is 2. The lowest BCUT2D eigenvalue weighted by molar-refractivity contribution is -0.138. The molecule has 0 aromatic heterocycles. The zero-order valence-electron chi connectivity index (χ0n) is 13.3. The lowest BCUT2D eigenvalue weighted by Gasteiger charge is -2.15. The van der Waals surface area contributed by atoms with Gasteiger partial charge in [-0.3, -0.25) is 0 Å². The smallest absolute Gasteiger partial charge is 0.389 e. The predicted octanol–water partition coefficient (Wildman–Crippen LogP) is 4.61. The average molecular weight is 378 g/mol. The van der Waals surface area contributed by atoms with Crippen LogP contribution in [0.3, 0.4) is 0 Å². The molecule has 0 fully saturated rings. The van der Waals surface area contributed by atoms with E-state index >= 15 is 0 Å². The molecule has 0 amide bonds. The van der Waals surface area contributed by atoms with Crippen LogP contribution in [0.25, 0.3) is 0 Å². The average Bonchev–Trinajstić information content (AvgIpc) is 2.57. The number of aliphatic hydroxyl groups is 1. The Kier molecular flexibility index (Phi) is 6.01. The lowest BCUT2D eigenvalue weighted by Crippen LogP contribution is -2.27. The number of alkyl halides is 6. The number of rotatable bonds is 6. The molecule has 0 aliphatic carbocycles. The van der Waals surface area contributed by atoms with E-state index in [4.69, 9.17) is 0 Å². The van der Waals surface area contributed by atoms with Crippen molar-refractivity contribution in [1.29, 1.82) is 0 Å². The van der Waals surface area contributed by atoms with Gasteiger partial charge in [0.05, 0.1) is 17.2 Å². The Bertz CT molecular complexity index is 634. The molecule has 2 aromatic rings. The van der Waals surface area contributed by atoms with Gasteiger partial charge in [-0.05, 0) is 48.5 Å². The number of aliphatic hydroxyl groups excluding tert-OH is 1. The van der Waals surface area contributed by atoms with Gasteiger partial charge in [0.15, 0.2) is 0 Å². The maximum Gasteiger partial charge on any atom is 0.416 e. The van der Waals surface area contributed by atoms with Crippen molar-refractivity contribution in [2.24, 2.45) is 0 Å². The Morgan fingerprint density at radius 2 is 0.962 bits per heavy atom. The first-order chi connectivity index (χ1) is 12.1. The van der Waals surface area contributed by atoms with Gasteiger partial charge in [0.25, 0.3) is 0 Å². The van der Waals surface area contributed by atoms with E-state index in [0.717, 1.165) is 24.3 Å². The molecule has 0 saturated carbocycles. The van der Waals surface area contributed by atoms with Crippen molar-refractivity contribution < 1.29 is 31.4 Å². The summed E-state index contributed by atoms with van der Waals surface area (Å²) >= 11 is 0. The molecular weight excluding hydrogens is 362 g/mol. The largest absolute Gasteiger partial charge is 0.416 e. The van der Waals surface area contributed by atoms with E-state index < -0.39 is 29.6 Å². The van der Waals surface area contributed by atoms with Crippen molar-refractivity contribution in [3.63, 3.8) is 0 Å². The summed E-state index contributed by atoms with van der Waals surface area (Å²) in [6, 6.07) is 8.70. The first-order valence-electron chi connectivity index (χ1n) is 7.56. The molecule has 2 aromatic carbocycles. The van der Waals surface area contributed by atoms with E-state index in [1.165, 1.54) is 24.3 Å². The third kappa shape index (κ3) is 5.83. The summed E-state index contributed by atoms with van der Waals surface area (Å²) in [5.41, 5.74) is -0.724. The van der Waals surface area contributed by atoms with Gasteiger partial charge in [0.1, 0.15) is 0 Å². The minimum absolute atomic E-state index is 0.0546. The maximum absolute atomic E-state index is 12.5. The molecule has 2 rings (SSSR count). The summed E-state index contributed by atoms with van der Waals surface area (Å²) in [5, 5.41) is 15.4. The molecule has 0 spiro atoms. The second-order valence-corrected chi connectivity index (χ2v) is 5.57. The minimum Gasteiger partial charge on any atom is -0.389 e. The normalized spacial score (nSPS) is 12.3. The summed E-state index contributed by atoms with van der Waals surface area (Å²) < 4.78 is 74.7. The molecule has 3 N–H and O–H groups in total. The zero-order valence-corrected chi connectivity index (χ0v) is 13.3. The van der Waals surface area contributed by atoms with Crippen molar-refractivity contribution in [2.75, 3.05) is 23.7 Å². The Morgan fingerprint density at radius 1 is 0.654 bits per heavy atom. The second kappa shape index (κ2) is 7.86.